The lowest BCUT2D eigenvalue weighted by molar-refractivity contribution is 0.553. The standard InChI is InChI=1S/C13H26N4O2S/c1-13(2)15-6-5-11-20(18,19)16-7-3-4-9-17-10-8-14-12-17/h8,10,12-13,15-16H,3-7,9,11H2,1-2H3. The third kappa shape index (κ3) is 8.29. The average Bonchev–Trinajstić information content (AvgIpc) is 2.87. The Labute approximate surface area is 122 Å². The van der Waals surface area contributed by atoms with Gasteiger partial charge in [-0.25, -0.2) is 18.1 Å². The largest absolute Gasteiger partial charge is 0.337 e. The van der Waals surface area contributed by atoms with Crippen molar-refractivity contribution in [2.45, 2.75) is 45.7 Å². The number of hydrogen-bond acceptors (Lipinski definition) is 4. The van der Waals surface area contributed by atoms with Gasteiger partial charge in [-0.05, 0) is 25.8 Å². The summed E-state index contributed by atoms with van der Waals surface area (Å²) in [4.78, 5) is 3.96. The summed E-state index contributed by atoms with van der Waals surface area (Å²) in [5.41, 5.74) is 0. The zero-order valence-electron chi connectivity index (χ0n) is 12.4. The Kier molecular flexibility index (Phi) is 7.79. The lowest BCUT2D eigenvalue weighted by Crippen LogP contribution is -2.30. The lowest BCUT2D eigenvalue weighted by Gasteiger charge is -2.09. The Morgan fingerprint density at radius 2 is 2.00 bits per heavy atom. The first kappa shape index (κ1) is 17.1. The van der Waals surface area contributed by atoms with E-state index >= 15 is 0 Å². The summed E-state index contributed by atoms with van der Waals surface area (Å²) in [5.74, 6) is 0.189. The van der Waals surface area contributed by atoms with Gasteiger partial charge in [-0.15, -0.1) is 0 Å². The normalized spacial score (nSPS) is 12.2. The highest BCUT2D eigenvalue weighted by atomic mass is 32.2. The Morgan fingerprint density at radius 1 is 1.20 bits per heavy atom. The number of unbranched alkanes of at least 4 members (excludes halogenated alkanes) is 1. The minimum Gasteiger partial charge on any atom is -0.337 e. The van der Waals surface area contributed by atoms with Crippen LogP contribution in [-0.4, -0.2) is 42.9 Å². The molecule has 0 saturated carbocycles. The highest BCUT2D eigenvalue weighted by molar-refractivity contribution is 7.89. The van der Waals surface area contributed by atoms with E-state index in [-0.39, 0.29) is 5.75 Å². The van der Waals surface area contributed by atoms with Crippen LogP contribution in [0.3, 0.4) is 0 Å². The predicted molar refractivity (Wildman–Crippen MR) is 81.0 cm³/mol. The molecule has 20 heavy (non-hydrogen) atoms. The second kappa shape index (κ2) is 9.10. The molecule has 1 aromatic rings. The summed E-state index contributed by atoms with van der Waals surface area (Å²) >= 11 is 0. The van der Waals surface area contributed by atoms with E-state index in [1.165, 1.54) is 0 Å². The molecule has 7 heteroatoms. The number of hydrogen-bond donors (Lipinski definition) is 2. The molecular weight excluding hydrogens is 276 g/mol. The van der Waals surface area contributed by atoms with Crippen molar-refractivity contribution in [3.63, 3.8) is 0 Å². The minimum atomic E-state index is -3.12. The minimum absolute atomic E-state index is 0.189. The van der Waals surface area contributed by atoms with Crippen LogP contribution in [0.2, 0.25) is 0 Å². The number of sulfonamides is 1. The molecule has 1 heterocycles. The van der Waals surface area contributed by atoms with Crippen LogP contribution in [0.15, 0.2) is 18.7 Å². The fourth-order valence-corrected chi connectivity index (χ4v) is 2.92. The quantitative estimate of drug-likeness (QED) is 0.597. The molecule has 0 atom stereocenters. The number of rotatable bonds is 11. The third-order valence-corrected chi connectivity index (χ3v) is 4.34. The molecule has 0 fully saturated rings. The van der Waals surface area contributed by atoms with E-state index < -0.39 is 10.0 Å². The Hall–Kier alpha value is -0.920. The Balaban J connectivity index is 2.04. The average molecular weight is 302 g/mol. The van der Waals surface area contributed by atoms with Gasteiger partial charge in [-0.2, -0.15) is 0 Å². The van der Waals surface area contributed by atoms with Crippen LogP contribution in [0.1, 0.15) is 33.1 Å². The van der Waals surface area contributed by atoms with Gasteiger partial charge in [0.15, 0.2) is 0 Å². The van der Waals surface area contributed by atoms with Crippen molar-refractivity contribution in [1.82, 2.24) is 19.6 Å². The van der Waals surface area contributed by atoms with Crippen LogP contribution in [0, 0.1) is 0 Å². The number of nitrogens with one attached hydrogen (secondary N) is 2. The molecule has 0 radical (unpaired) electrons. The maximum Gasteiger partial charge on any atom is 0.211 e. The van der Waals surface area contributed by atoms with Gasteiger partial charge < -0.3 is 9.88 Å². The fraction of sp³-hybridized carbons (Fsp3) is 0.769. The molecule has 1 rings (SSSR count). The Morgan fingerprint density at radius 3 is 2.65 bits per heavy atom. The van der Waals surface area contributed by atoms with Crippen molar-refractivity contribution < 1.29 is 8.42 Å². The number of imidazole rings is 1. The molecule has 6 nitrogen and oxygen atoms in total. The summed E-state index contributed by atoms with van der Waals surface area (Å²) in [6.07, 6.45) is 7.84. The van der Waals surface area contributed by atoms with E-state index in [0.29, 0.717) is 19.0 Å². The van der Waals surface area contributed by atoms with Crippen molar-refractivity contribution in [3.8, 4) is 0 Å². The van der Waals surface area contributed by atoms with Gasteiger partial charge >= 0.3 is 0 Å². The number of nitrogens with zero attached hydrogens (tertiary/aromatic N) is 2. The monoisotopic (exact) mass is 302 g/mol. The summed E-state index contributed by atoms with van der Waals surface area (Å²) in [6.45, 7) is 6.22. The number of aryl methyl sites for hydroxylation is 1. The van der Waals surface area contributed by atoms with Crippen LogP contribution in [-0.2, 0) is 16.6 Å². The van der Waals surface area contributed by atoms with E-state index in [0.717, 1.165) is 25.9 Å². The zero-order chi connectivity index (χ0) is 14.8. The van der Waals surface area contributed by atoms with Crippen molar-refractivity contribution in [3.05, 3.63) is 18.7 Å². The highest BCUT2D eigenvalue weighted by Gasteiger charge is 2.08. The molecule has 0 spiro atoms. The van der Waals surface area contributed by atoms with Crippen molar-refractivity contribution in [1.29, 1.82) is 0 Å². The maximum absolute atomic E-state index is 11.7. The molecule has 0 amide bonds. The smallest absolute Gasteiger partial charge is 0.211 e. The number of aromatic nitrogens is 2. The lowest BCUT2D eigenvalue weighted by atomic mass is 10.3. The molecule has 2 N–H and O–H groups in total. The van der Waals surface area contributed by atoms with Gasteiger partial charge in [0, 0.05) is 31.5 Å². The molecule has 1 aromatic heterocycles. The van der Waals surface area contributed by atoms with Crippen molar-refractivity contribution in [2.24, 2.45) is 0 Å². The Bertz CT molecular complexity index is 443. The van der Waals surface area contributed by atoms with E-state index in [4.69, 9.17) is 0 Å². The van der Waals surface area contributed by atoms with Crippen LogP contribution >= 0.6 is 0 Å². The van der Waals surface area contributed by atoms with E-state index in [2.05, 4.69) is 15.0 Å². The summed E-state index contributed by atoms with van der Waals surface area (Å²) in [5, 5.41) is 3.21. The van der Waals surface area contributed by atoms with Gasteiger partial charge in [0.2, 0.25) is 10.0 Å². The van der Waals surface area contributed by atoms with Crippen LogP contribution < -0.4 is 10.0 Å². The third-order valence-electron chi connectivity index (χ3n) is 2.87. The maximum atomic E-state index is 11.7. The van der Waals surface area contributed by atoms with Gasteiger partial charge in [0.1, 0.15) is 0 Å². The van der Waals surface area contributed by atoms with Gasteiger partial charge in [-0.3, -0.25) is 0 Å². The zero-order valence-corrected chi connectivity index (χ0v) is 13.2. The van der Waals surface area contributed by atoms with Gasteiger partial charge in [0.05, 0.1) is 12.1 Å². The molecular formula is C13H26N4O2S. The van der Waals surface area contributed by atoms with Crippen molar-refractivity contribution in [2.75, 3.05) is 18.8 Å². The highest BCUT2D eigenvalue weighted by Crippen LogP contribution is 1.96. The first-order valence-electron chi connectivity index (χ1n) is 7.16. The molecule has 0 aliphatic carbocycles. The molecule has 0 saturated heterocycles. The first-order chi connectivity index (χ1) is 9.49. The molecule has 0 bridgehead atoms. The summed E-state index contributed by atoms with van der Waals surface area (Å²) in [7, 11) is -3.12. The van der Waals surface area contributed by atoms with E-state index in [9.17, 15) is 8.42 Å². The summed E-state index contributed by atoms with van der Waals surface area (Å²) in [6, 6.07) is 0.397. The van der Waals surface area contributed by atoms with Crippen molar-refractivity contribution >= 4 is 10.0 Å². The van der Waals surface area contributed by atoms with Crippen LogP contribution in [0.5, 0.6) is 0 Å². The molecule has 0 unspecified atom stereocenters. The fourth-order valence-electron chi connectivity index (χ4n) is 1.79. The predicted octanol–water partition coefficient (Wildman–Crippen LogP) is 0.971. The molecule has 0 aliphatic rings. The topological polar surface area (TPSA) is 76.0 Å². The second-order valence-corrected chi connectivity index (χ2v) is 7.11. The first-order valence-corrected chi connectivity index (χ1v) is 8.81. The van der Waals surface area contributed by atoms with Gasteiger partial charge in [0.25, 0.3) is 0 Å². The van der Waals surface area contributed by atoms with E-state index in [1.807, 2.05) is 24.6 Å². The molecule has 0 aromatic carbocycles. The second-order valence-electron chi connectivity index (χ2n) is 5.18. The van der Waals surface area contributed by atoms with E-state index in [1.54, 1.807) is 12.5 Å². The SMILES string of the molecule is CC(C)NCCCS(=O)(=O)NCCCCn1ccnc1. The molecule has 116 valence electrons. The molecule has 0 aliphatic heterocycles. The van der Waals surface area contributed by atoms with Gasteiger partial charge in [-0.1, -0.05) is 13.8 Å². The van der Waals surface area contributed by atoms with Crippen LogP contribution in [0.25, 0.3) is 0 Å². The van der Waals surface area contributed by atoms with Crippen LogP contribution in [0.4, 0.5) is 0 Å². The summed E-state index contributed by atoms with van der Waals surface area (Å²) < 4.78 is 28.1.